The number of benzene rings is 1. The molecule has 0 saturated heterocycles. The Labute approximate surface area is 161 Å². The highest BCUT2D eigenvalue weighted by Gasteiger charge is 2.31. The summed E-state index contributed by atoms with van der Waals surface area (Å²) in [7, 11) is -3.37. The normalized spacial score (nSPS) is 17.2. The molecule has 0 spiro atoms. The van der Waals surface area contributed by atoms with Gasteiger partial charge in [0, 0.05) is 18.1 Å². The Morgan fingerprint density at radius 1 is 1.14 bits per heavy atom. The first-order valence-corrected chi connectivity index (χ1v) is 10.2. The second-order valence-corrected chi connectivity index (χ2v) is 8.15. The summed E-state index contributed by atoms with van der Waals surface area (Å²) < 4.78 is 28.5. The zero-order valence-corrected chi connectivity index (χ0v) is 15.6. The third kappa shape index (κ3) is 4.74. The van der Waals surface area contributed by atoms with E-state index in [-0.39, 0.29) is 17.9 Å². The predicted octanol–water partition coefficient (Wildman–Crippen LogP) is 0.871. The van der Waals surface area contributed by atoms with E-state index in [0.717, 1.165) is 11.0 Å². The fraction of sp³-hybridized carbons (Fsp3) is 0.211. The van der Waals surface area contributed by atoms with Crippen molar-refractivity contribution in [2.24, 2.45) is 0 Å². The molecule has 9 heteroatoms. The third-order valence-electron chi connectivity index (χ3n) is 4.19. The van der Waals surface area contributed by atoms with Crippen molar-refractivity contribution in [2.45, 2.75) is 12.6 Å². The lowest BCUT2D eigenvalue weighted by molar-refractivity contribution is -0.136. The van der Waals surface area contributed by atoms with Gasteiger partial charge in [-0.25, -0.2) is 13.2 Å². The zero-order chi connectivity index (χ0) is 20.1. The molecule has 1 aromatic carbocycles. The number of esters is 1. The maximum Gasteiger partial charge on any atom is 0.344 e. The van der Waals surface area contributed by atoms with Gasteiger partial charge in [0.05, 0.1) is 11.8 Å². The predicted molar refractivity (Wildman–Crippen MR) is 101 cm³/mol. The second-order valence-electron chi connectivity index (χ2n) is 6.22. The number of H-pyrrole nitrogens is 1. The van der Waals surface area contributed by atoms with Crippen molar-refractivity contribution in [3.05, 3.63) is 81.6 Å². The van der Waals surface area contributed by atoms with Crippen LogP contribution in [-0.4, -0.2) is 48.6 Å². The Bertz CT molecular complexity index is 1060. The summed E-state index contributed by atoms with van der Waals surface area (Å²) in [6.45, 7) is -0.446. The highest BCUT2D eigenvalue weighted by Crippen LogP contribution is 2.18. The molecule has 1 aliphatic rings. The minimum atomic E-state index is -3.37. The topological polar surface area (TPSA) is 114 Å². The summed E-state index contributed by atoms with van der Waals surface area (Å²) in [4.78, 5) is 40.1. The van der Waals surface area contributed by atoms with Gasteiger partial charge in [-0.05, 0) is 23.8 Å². The van der Waals surface area contributed by atoms with Gasteiger partial charge in [0.1, 0.15) is 5.56 Å². The highest BCUT2D eigenvalue weighted by molar-refractivity contribution is 7.94. The number of carbonyl (C=O) groups excluding carboxylic acids is 2. The maximum atomic E-state index is 12.7. The van der Waals surface area contributed by atoms with Crippen LogP contribution in [-0.2, 0) is 25.9 Å². The van der Waals surface area contributed by atoms with Crippen molar-refractivity contribution in [3.63, 3.8) is 0 Å². The number of nitrogens with one attached hydrogen (secondary N) is 1. The highest BCUT2D eigenvalue weighted by atomic mass is 32.2. The number of pyridine rings is 1. The number of aromatic nitrogens is 1. The fourth-order valence-corrected chi connectivity index (χ4v) is 4.09. The lowest BCUT2D eigenvalue weighted by Crippen LogP contribution is -2.42. The molecule has 146 valence electrons. The van der Waals surface area contributed by atoms with Crippen molar-refractivity contribution in [1.29, 1.82) is 0 Å². The van der Waals surface area contributed by atoms with Crippen LogP contribution in [0, 0.1) is 0 Å². The van der Waals surface area contributed by atoms with Gasteiger partial charge in [0.2, 0.25) is 0 Å². The number of rotatable bonds is 6. The monoisotopic (exact) mass is 402 g/mol. The Kier molecular flexibility index (Phi) is 5.74. The van der Waals surface area contributed by atoms with E-state index in [1.807, 2.05) is 18.2 Å². The number of hydrogen-bond acceptors (Lipinski definition) is 6. The number of hydrogen-bond donors (Lipinski definition) is 1. The van der Waals surface area contributed by atoms with Crippen molar-refractivity contribution in [1.82, 2.24) is 9.88 Å². The molecule has 0 aliphatic carbocycles. The van der Waals surface area contributed by atoms with Crippen LogP contribution in [0.5, 0.6) is 0 Å². The van der Waals surface area contributed by atoms with E-state index in [2.05, 4.69) is 4.98 Å². The van der Waals surface area contributed by atoms with E-state index < -0.39 is 39.9 Å². The summed E-state index contributed by atoms with van der Waals surface area (Å²) in [5.41, 5.74) is -0.0291. The van der Waals surface area contributed by atoms with Crippen LogP contribution in [0.4, 0.5) is 0 Å². The summed E-state index contributed by atoms with van der Waals surface area (Å²) in [6, 6.07) is 11.2. The largest absolute Gasteiger partial charge is 0.452 e. The first-order valence-electron chi connectivity index (χ1n) is 8.45. The first-order chi connectivity index (χ1) is 13.4. The number of sulfone groups is 1. The molecule has 2 heterocycles. The Morgan fingerprint density at radius 3 is 2.54 bits per heavy atom. The maximum absolute atomic E-state index is 12.7. The molecular formula is C19H18N2O6S. The molecule has 1 aliphatic heterocycles. The fourth-order valence-electron chi connectivity index (χ4n) is 2.79. The van der Waals surface area contributed by atoms with Crippen molar-refractivity contribution in [2.75, 3.05) is 12.4 Å². The first kappa shape index (κ1) is 19.6. The molecule has 3 rings (SSSR count). The minimum Gasteiger partial charge on any atom is -0.452 e. The molecule has 1 aromatic heterocycles. The van der Waals surface area contributed by atoms with Gasteiger partial charge in [-0.2, -0.15) is 0 Å². The van der Waals surface area contributed by atoms with Gasteiger partial charge in [-0.1, -0.05) is 30.3 Å². The average Bonchev–Trinajstić information content (AvgIpc) is 3.04. The van der Waals surface area contributed by atoms with Crippen molar-refractivity contribution in [3.8, 4) is 0 Å². The van der Waals surface area contributed by atoms with Gasteiger partial charge in [0.15, 0.2) is 16.4 Å². The van der Waals surface area contributed by atoms with Crippen molar-refractivity contribution >= 4 is 21.7 Å². The van der Waals surface area contributed by atoms with Gasteiger partial charge in [-0.3, -0.25) is 9.59 Å². The molecule has 0 unspecified atom stereocenters. The molecule has 0 bridgehead atoms. The molecule has 8 nitrogen and oxygen atoms in total. The molecule has 1 atom stereocenters. The number of ether oxygens (including phenoxy) is 1. The standard InChI is InChI=1S/C19H18N2O6S/c22-17(12-27-19(24)16-7-4-9-20-18(16)23)21(11-14-5-2-1-3-6-14)15-8-10-28(25,26)13-15/h1-10,15H,11-13H2,(H,20,23)/t15-/m0/s1. The van der Waals surface area contributed by atoms with Gasteiger partial charge in [0.25, 0.3) is 11.5 Å². The number of nitrogens with zero attached hydrogens (tertiary/aromatic N) is 1. The molecule has 28 heavy (non-hydrogen) atoms. The summed E-state index contributed by atoms with van der Waals surface area (Å²) in [5, 5.41) is 1.08. The van der Waals surface area contributed by atoms with Crippen LogP contribution >= 0.6 is 0 Å². The molecule has 2 aromatic rings. The Morgan fingerprint density at radius 2 is 1.89 bits per heavy atom. The van der Waals surface area contributed by atoms with Crippen LogP contribution in [0.1, 0.15) is 15.9 Å². The lowest BCUT2D eigenvalue weighted by Gasteiger charge is -2.27. The van der Waals surface area contributed by atoms with Gasteiger partial charge >= 0.3 is 5.97 Å². The summed E-state index contributed by atoms with van der Waals surface area (Å²) in [5.74, 6) is -1.71. The van der Waals surface area contributed by atoms with Gasteiger partial charge < -0.3 is 14.6 Å². The SMILES string of the molecule is O=C(OCC(=O)N(Cc1ccccc1)[C@H]1C=CS(=O)(=O)C1)c1ccc[nH]c1=O. The number of amides is 1. The molecule has 0 radical (unpaired) electrons. The molecular weight excluding hydrogens is 384 g/mol. The Balaban J connectivity index is 1.73. The minimum absolute atomic E-state index is 0.160. The quantitative estimate of drug-likeness (QED) is 0.718. The Hall–Kier alpha value is -3.20. The molecule has 0 saturated carbocycles. The molecule has 1 N–H and O–H groups in total. The van der Waals surface area contributed by atoms with E-state index in [0.29, 0.717) is 0 Å². The van der Waals surface area contributed by atoms with Crippen LogP contribution in [0.25, 0.3) is 0 Å². The van der Waals surface area contributed by atoms with Crippen LogP contribution < -0.4 is 5.56 Å². The van der Waals surface area contributed by atoms with Crippen LogP contribution in [0.3, 0.4) is 0 Å². The van der Waals surface area contributed by atoms with E-state index in [4.69, 9.17) is 4.74 Å². The molecule has 1 amide bonds. The van der Waals surface area contributed by atoms with Crippen LogP contribution in [0.2, 0.25) is 0 Å². The van der Waals surface area contributed by atoms with E-state index >= 15 is 0 Å². The van der Waals surface area contributed by atoms with Crippen LogP contribution in [0.15, 0.2) is 64.9 Å². The summed E-state index contributed by atoms with van der Waals surface area (Å²) >= 11 is 0. The number of carbonyl (C=O) groups is 2. The average molecular weight is 402 g/mol. The second kappa shape index (κ2) is 8.22. The zero-order valence-electron chi connectivity index (χ0n) is 14.8. The van der Waals surface area contributed by atoms with E-state index in [9.17, 15) is 22.8 Å². The third-order valence-corrected chi connectivity index (χ3v) is 5.57. The summed E-state index contributed by atoms with van der Waals surface area (Å²) in [6.07, 6.45) is 2.82. The van der Waals surface area contributed by atoms with E-state index in [1.54, 1.807) is 12.1 Å². The van der Waals surface area contributed by atoms with E-state index in [1.165, 1.54) is 29.3 Å². The number of aromatic amines is 1. The van der Waals surface area contributed by atoms with Gasteiger partial charge in [-0.15, -0.1) is 0 Å². The van der Waals surface area contributed by atoms with Crippen molar-refractivity contribution < 1.29 is 22.7 Å². The molecule has 0 fully saturated rings. The smallest absolute Gasteiger partial charge is 0.344 e. The lowest BCUT2D eigenvalue weighted by atomic mass is 10.2.